The number of nitrogens with two attached hydrogens (primary N) is 1. The Hall–Kier alpha value is -4.33. The van der Waals surface area contributed by atoms with E-state index in [1.165, 1.54) is 12.1 Å². The number of hydrogen-bond donors (Lipinski definition) is 8. The van der Waals surface area contributed by atoms with Gasteiger partial charge in [-0.2, -0.15) is 4.98 Å². The van der Waals surface area contributed by atoms with E-state index < -0.39 is 30.7 Å². The lowest BCUT2D eigenvalue weighted by Crippen LogP contribution is -2.41. The van der Waals surface area contributed by atoms with Crippen LogP contribution in [0.4, 0.5) is 23.1 Å². The van der Waals surface area contributed by atoms with Crippen molar-refractivity contribution in [2.45, 2.75) is 24.9 Å². The van der Waals surface area contributed by atoms with Crippen molar-refractivity contribution < 1.29 is 29.3 Å². The highest BCUT2D eigenvalue weighted by Crippen LogP contribution is 2.20. The Morgan fingerprint density at radius 3 is 2.68 bits per heavy atom. The van der Waals surface area contributed by atoms with E-state index in [1.54, 1.807) is 12.1 Å². The molecule has 2 atom stereocenters. The maximum atomic E-state index is 12.4. The molecule has 0 fully saturated rings. The minimum Gasteiger partial charge on any atom is -0.480 e. The van der Waals surface area contributed by atoms with E-state index in [9.17, 15) is 24.3 Å². The van der Waals surface area contributed by atoms with Gasteiger partial charge in [0.05, 0.1) is 6.04 Å². The Morgan fingerprint density at radius 1 is 1.26 bits per heavy atom. The normalized spacial score (nSPS) is 15.1. The Labute approximate surface area is 192 Å². The van der Waals surface area contributed by atoms with Gasteiger partial charge in [0.25, 0.3) is 11.5 Å². The summed E-state index contributed by atoms with van der Waals surface area (Å²) in [7, 11) is 0. The van der Waals surface area contributed by atoms with E-state index in [0.717, 1.165) is 0 Å². The van der Waals surface area contributed by atoms with E-state index in [-0.39, 0.29) is 36.0 Å². The maximum Gasteiger partial charge on any atom is 0.326 e. The zero-order chi connectivity index (χ0) is 24.7. The molecule has 9 N–H and O–H groups in total. The lowest BCUT2D eigenvalue weighted by atomic mass is 10.1. The third-order valence-corrected chi connectivity index (χ3v) is 4.97. The number of amides is 1. The molecule has 0 aliphatic carbocycles. The molecular weight excluding hydrogens is 450 g/mol. The van der Waals surface area contributed by atoms with Crippen LogP contribution in [0.15, 0.2) is 29.1 Å². The van der Waals surface area contributed by atoms with Crippen molar-refractivity contribution in [3.8, 4) is 0 Å². The van der Waals surface area contributed by atoms with Crippen molar-refractivity contribution in [1.29, 1.82) is 0 Å². The number of aliphatic hydroxyl groups is 1. The maximum absolute atomic E-state index is 12.4. The molecule has 0 saturated heterocycles. The van der Waals surface area contributed by atoms with E-state index in [0.29, 0.717) is 30.3 Å². The van der Waals surface area contributed by atoms with Gasteiger partial charge in [-0.1, -0.05) is 0 Å². The van der Waals surface area contributed by atoms with Crippen LogP contribution in [-0.2, 0) is 14.3 Å². The lowest BCUT2D eigenvalue weighted by molar-refractivity contribution is -0.152. The minimum absolute atomic E-state index is 0.0256. The second-order valence-corrected chi connectivity index (χ2v) is 7.40. The Balaban J connectivity index is 1.52. The number of hydrogen-bond acceptors (Lipinski definition) is 11. The SMILES string of the molecule is Nc1nc2c(c(=O)[nH]1)NC(CNc1ccc(C(=O)N[C@@H](CCC(=O)OCO)C(=O)O)cc1)CN2. The first-order chi connectivity index (χ1) is 16.3. The first-order valence-corrected chi connectivity index (χ1v) is 10.3. The number of carboxylic acid groups (broad SMARTS) is 1. The van der Waals surface area contributed by atoms with Gasteiger partial charge in [-0.05, 0) is 30.7 Å². The Bertz CT molecular complexity index is 1100. The highest BCUT2D eigenvalue weighted by molar-refractivity contribution is 5.97. The number of esters is 1. The molecule has 0 radical (unpaired) electrons. The predicted octanol–water partition coefficient (Wildman–Crippen LogP) is -0.874. The topological polar surface area (TPSA) is 221 Å². The number of rotatable bonds is 10. The van der Waals surface area contributed by atoms with Crippen LogP contribution in [0.3, 0.4) is 0 Å². The first kappa shape index (κ1) is 24.3. The third kappa shape index (κ3) is 6.35. The molecule has 1 aliphatic heterocycles. The van der Waals surface area contributed by atoms with Gasteiger partial charge in [0.15, 0.2) is 12.6 Å². The second-order valence-electron chi connectivity index (χ2n) is 7.40. The number of carbonyl (C=O) groups excluding carboxylic acids is 2. The van der Waals surface area contributed by atoms with Crippen LogP contribution < -0.4 is 32.6 Å². The summed E-state index contributed by atoms with van der Waals surface area (Å²) in [5.41, 5.74) is 6.40. The summed E-state index contributed by atoms with van der Waals surface area (Å²) < 4.78 is 4.34. The molecule has 14 nitrogen and oxygen atoms in total. The van der Waals surface area contributed by atoms with Crippen LogP contribution in [0.5, 0.6) is 0 Å². The van der Waals surface area contributed by atoms with Gasteiger partial charge in [-0.25, -0.2) is 4.79 Å². The fourth-order valence-corrected chi connectivity index (χ4v) is 3.24. The quantitative estimate of drug-likeness (QED) is 0.155. The summed E-state index contributed by atoms with van der Waals surface area (Å²) in [6.45, 7) is 0.153. The van der Waals surface area contributed by atoms with Crippen molar-refractivity contribution in [1.82, 2.24) is 15.3 Å². The van der Waals surface area contributed by atoms with Crippen LogP contribution >= 0.6 is 0 Å². The molecule has 0 spiro atoms. The standard InChI is InChI=1S/C20H25N7O7/c21-20-26-16-15(18(31)27-20)24-12(8-23-16)7-22-11-3-1-10(2-4-11)17(30)25-13(19(32)33)5-6-14(29)34-9-28/h1-4,12-13,22,24,28H,5-9H2,(H,25,30)(H,32,33)(H4,21,23,26,27,31)/t12?,13-/m0/s1. The number of aromatic nitrogens is 2. The number of nitrogens with zero attached hydrogens (tertiary/aromatic N) is 1. The van der Waals surface area contributed by atoms with Crippen LogP contribution in [-0.4, -0.2) is 70.0 Å². The number of nitrogens with one attached hydrogen (secondary N) is 5. The van der Waals surface area contributed by atoms with Crippen LogP contribution in [0, 0.1) is 0 Å². The molecule has 0 bridgehead atoms. The van der Waals surface area contributed by atoms with E-state index in [2.05, 4.69) is 36.0 Å². The fraction of sp³-hybridized carbons (Fsp3) is 0.350. The fourth-order valence-electron chi connectivity index (χ4n) is 3.24. The molecule has 182 valence electrons. The number of benzene rings is 1. The van der Waals surface area contributed by atoms with E-state index in [4.69, 9.17) is 10.8 Å². The average molecular weight is 475 g/mol. The number of anilines is 4. The monoisotopic (exact) mass is 475 g/mol. The van der Waals surface area contributed by atoms with E-state index >= 15 is 0 Å². The van der Waals surface area contributed by atoms with Gasteiger partial charge in [0, 0.05) is 30.8 Å². The van der Waals surface area contributed by atoms with Crippen molar-refractivity contribution in [2.75, 3.05) is 41.6 Å². The van der Waals surface area contributed by atoms with E-state index in [1.807, 2.05) is 0 Å². The molecule has 1 amide bonds. The summed E-state index contributed by atoms with van der Waals surface area (Å²) >= 11 is 0. The summed E-state index contributed by atoms with van der Waals surface area (Å²) in [4.78, 5) is 53.6. The van der Waals surface area contributed by atoms with Gasteiger partial charge >= 0.3 is 11.9 Å². The molecule has 1 unspecified atom stereocenters. The molecular formula is C20H25N7O7. The number of carboxylic acids is 1. The third-order valence-electron chi connectivity index (χ3n) is 4.97. The number of carbonyl (C=O) groups is 3. The van der Waals surface area contributed by atoms with Crippen LogP contribution in [0.1, 0.15) is 23.2 Å². The summed E-state index contributed by atoms with van der Waals surface area (Å²) in [5.74, 6) is -2.27. The highest BCUT2D eigenvalue weighted by Gasteiger charge is 2.23. The van der Waals surface area contributed by atoms with Crippen molar-refractivity contribution in [3.05, 3.63) is 40.2 Å². The molecule has 0 saturated carbocycles. The molecule has 34 heavy (non-hydrogen) atoms. The smallest absolute Gasteiger partial charge is 0.326 e. The minimum atomic E-state index is -1.30. The largest absolute Gasteiger partial charge is 0.480 e. The number of fused-ring (bicyclic) bond motifs is 1. The van der Waals surface area contributed by atoms with Crippen LogP contribution in [0.2, 0.25) is 0 Å². The second kappa shape index (κ2) is 11.0. The van der Waals surface area contributed by atoms with Crippen molar-refractivity contribution in [2.24, 2.45) is 0 Å². The molecule has 3 rings (SSSR count). The Kier molecular flexibility index (Phi) is 7.87. The van der Waals surface area contributed by atoms with Gasteiger partial charge in [-0.3, -0.25) is 19.4 Å². The molecule has 1 aromatic carbocycles. The van der Waals surface area contributed by atoms with Crippen molar-refractivity contribution >= 4 is 41.0 Å². The molecule has 1 aliphatic rings. The number of H-pyrrole nitrogens is 1. The number of ether oxygens (including phenoxy) is 1. The first-order valence-electron chi connectivity index (χ1n) is 10.3. The van der Waals surface area contributed by atoms with Gasteiger partial charge < -0.3 is 42.0 Å². The summed E-state index contributed by atoms with van der Waals surface area (Å²) in [5, 5.41) is 29.5. The zero-order valence-electron chi connectivity index (χ0n) is 18.0. The van der Waals surface area contributed by atoms with Gasteiger partial charge in [-0.15, -0.1) is 0 Å². The highest BCUT2D eigenvalue weighted by atomic mass is 16.6. The molecule has 1 aromatic heterocycles. The number of nitrogen functional groups attached to an aromatic ring is 1. The summed E-state index contributed by atoms with van der Waals surface area (Å²) in [6, 6.07) is 4.93. The predicted molar refractivity (Wildman–Crippen MR) is 121 cm³/mol. The number of aliphatic hydroxyl groups excluding tert-OH is 1. The van der Waals surface area contributed by atoms with Crippen LogP contribution in [0.25, 0.3) is 0 Å². The Morgan fingerprint density at radius 2 is 2.00 bits per heavy atom. The molecule has 2 aromatic rings. The zero-order valence-corrected chi connectivity index (χ0v) is 18.0. The summed E-state index contributed by atoms with van der Waals surface area (Å²) in [6.07, 6.45) is -0.458. The number of aliphatic carboxylic acids is 1. The molecule has 14 heteroatoms. The number of aromatic amines is 1. The van der Waals surface area contributed by atoms with Gasteiger partial charge in [0.1, 0.15) is 11.7 Å². The average Bonchev–Trinajstić information content (AvgIpc) is 2.80. The van der Waals surface area contributed by atoms with Gasteiger partial charge in [0.2, 0.25) is 5.95 Å². The van der Waals surface area contributed by atoms with Crippen molar-refractivity contribution in [3.63, 3.8) is 0 Å². The molecule has 2 heterocycles. The lowest BCUT2D eigenvalue weighted by Gasteiger charge is -2.27.